The van der Waals surface area contributed by atoms with E-state index >= 15 is 0 Å². The summed E-state index contributed by atoms with van der Waals surface area (Å²) in [5.41, 5.74) is 6.39. The quantitative estimate of drug-likeness (QED) is 0.906. The minimum atomic E-state index is -3.63. The first-order chi connectivity index (χ1) is 9.41. The van der Waals surface area contributed by atoms with E-state index in [9.17, 15) is 8.42 Å². The van der Waals surface area contributed by atoms with Crippen LogP contribution in [0.3, 0.4) is 0 Å². The van der Waals surface area contributed by atoms with Crippen LogP contribution in [0, 0.1) is 5.92 Å². The van der Waals surface area contributed by atoms with Crippen LogP contribution in [-0.4, -0.2) is 34.7 Å². The van der Waals surface area contributed by atoms with Gasteiger partial charge < -0.3 is 5.73 Å². The molecule has 1 aliphatic heterocycles. The van der Waals surface area contributed by atoms with Gasteiger partial charge in [-0.15, -0.1) is 0 Å². The van der Waals surface area contributed by atoms with Crippen molar-refractivity contribution in [3.63, 3.8) is 0 Å². The van der Waals surface area contributed by atoms with Crippen molar-refractivity contribution in [3.05, 3.63) is 24.4 Å². The first-order valence-corrected chi connectivity index (χ1v) is 8.09. The summed E-state index contributed by atoms with van der Waals surface area (Å²) in [7, 11) is -3.63. The van der Waals surface area contributed by atoms with Crippen LogP contribution in [0.15, 0.2) is 29.4 Å². The lowest BCUT2D eigenvalue weighted by molar-refractivity contribution is 0.403. The maximum Gasteiger partial charge on any atom is 0.263 e. The summed E-state index contributed by atoms with van der Waals surface area (Å²) in [5.74, 6) is 0.420. The zero-order valence-electron chi connectivity index (χ0n) is 11.5. The van der Waals surface area contributed by atoms with Gasteiger partial charge in [-0.25, -0.2) is 13.4 Å². The van der Waals surface area contributed by atoms with E-state index < -0.39 is 10.0 Å². The maximum absolute atomic E-state index is 12.9. The van der Waals surface area contributed by atoms with Crippen molar-refractivity contribution in [2.24, 2.45) is 5.92 Å². The second-order valence-corrected chi connectivity index (χ2v) is 7.30. The Labute approximate surface area is 118 Å². The molecule has 2 unspecified atom stereocenters. The van der Waals surface area contributed by atoms with Crippen molar-refractivity contribution in [2.75, 3.05) is 12.3 Å². The van der Waals surface area contributed by atoms with Crippen LogP contribution in [0.4, 0.5) is 5.82 Å². The van der Waals surface area contributed by atoms with E-state index in [4.69, 9.17) is 5.73 Å². The predicted octanol–water partition coefficient (Wildman–Crippen LogP) is 1.34. The highest BCUT2D eigenvalue weighted by Gasteiger charge is 2.39. The molecular weight excluding hydrogens is 276 g/mol. The van der Waals surface area contributed by atoms with Gasteiger partial charge in [-0.1, -0.05) is 13.0 Å². The number of rotatable bonds is 2. The Morgan fingerprint density at radius 2 is 2.10 bits per heavy atom. The zero-order valence-corrected chi connectivity index (χ0v) is 12.3. The molecule has 20 heavy (non-hydrogen) atoms. The highest BCUT2D eigenvalue weighted by atomic mass is 32.2. The molecule has 108 valence electrons. The summed E-state index contributed by atoms with van der Waals surface area (Å²) in [4.78, 5) is 4.13. The Kier molecular flexibility index (Phi) is 2.98. The molecule has 0 aromatic carbocycles. The summed E-state index contributed by atoms with van der Waals surface area (Å²) in [5, 5.41) is 0.0778. The number of aromatic nitrogens is 2. The van der Waals surface area contributed by atoms with Gasteiger partial charge in [-0.3, -0.25) is 4.40 Å². The van der Waals surface area contributed by atoms with E-state index in [1.165, 1.54) is 4.31 Å². The van der Waals surface area contributed by atoms with Crippen LogP contribution >= 0.6 is 0 Å². The molecule has 1 fully saturated rings. The van der Waals surface area contributed by atoms with Crippen LogP contribution < -0.4 is 5.73 Å². The average molecular weight is 294 g/mol. The molecule has 1 aliphatic rings. The standard InChI is InChI=1S/C13H18N4O2S/c1-9-7-10(2)17(8-9)20(18,19)13-12(14)15-11-5-3-4-6-16(11)13/h3-6,9-10H,7-8,14H2,1-2H3. The number of hydrogen-bond acceptors (Lipinski definition) is 4. The van der Waals surface area contributed by atoms with Crippen molar-refractivity contribution < 1.29 is 8.42 Å². The fraction of sp³-hybridized carbons (Fsp3) is 0.462. The molecule has 0 radical (unpaired) electrons. The fourth-order valence-corrected chi connectivity index (χ4v) is 4.90. The van der Waals surface area contributed by atoms with E-state index in [0.717, 1.165) is 6.42 Å². The Morgan fingerprint density at radius 3 is 2.75 bits per heavy atom. The van der Waals surface area contributed by atoms with E-state index in [1.54, 1.807) is 28.8 Å². The van der Waals surface area contributed by atoms with Gasteiger partial charge in [0.05, 0.1) is 0 Å². The third-order valence-corrected chi connectivity index (χ3v) is 5.81. The van der Waals surface area contributed by atoms with Crippen LogP contribution in [0.5, 0.6) is 0 Å². The first-order valence-electron chi connectivity index (χ1n) is 6.65. The fourth-order valence-electron chi connectivity index (χ4n) is 2.96. The van der Waals surface area contributed by atoms with E-state index in [-0.39, 0.29) is 16.9 Å². The van der Waals surface area contributed by atoms with Crippen molar-refractivity contribution >= 4 is 21.5 Å². The number of imidazole rings is 1. The van der Waals surface area contributed by atoms with Crippen LogP contribution in [0.1, 0.15) is 20.3 Å². The first kappa shape index (κ1) is 13.4. The van der Waals surface area contributed by atoms with Gasteiger partial charge in [0.25, 0.3) is 10.0 Å². The summed E-state index contributed by atoms with van der Waals surface area (Å²) in [6, 6.07) is 5.30. The molecule has 0 saturated carbocycles. The smallest absolute Gasteiger partial charge is 0.263 e. The molecule has 3 rings (SSSR count). The monoisotopic (exact) mass is 294 g/mol. The topological polar surface area (TPSA) is 80.7 Å². The Balaban J connectivity index is 2.17. The highest BCUT2D eigenvalue weighted by molar-refractivity contribution is 7.89. The Bertz CT molecular complexity index is 753. The molecule has 2 N–H and O–H groups in total. The summed E-state index contributed by atoms with van der Waals surface area (Å²) in [6.07, 6.45) is 2.55. The minimum absolute atomic E-state index is 0.0105. The van der Waals surface area contributed by atoms with Crippen molar-refractivity contribution in [2.45, 2.75) is 31.3 Å². The lowest BCUT2D eigenvalue weighted by atomic mass is 10.1. The lowest BCUT2D eigenvalue weighted by Gasteiger charge is -2.20. The number of nitrogen functional groups attached to an aromatic ring is 1. The molecular formula is C13H18N4O2S. The number of hydrogen-bond donors (Lipinski definition) is 1. The normalized spacial score (nSPS) is 24.5. The lowest BCUT2D eigenvalue weighted by Crippen LogP contribution is -2.35. The SMILES string of the molecule is CC1CC(C)N(S(=O)(=O)c2c(N)nc3ccccn23)C1. The summed E-state index contributed by atoms with van der Waals surface area (Å²) < 4.78 is 28.8. The predicted molar refractivity (Wildman–Crippen MR) is 76.7 cm³/mol. The second kappa shape index (κ2) is 4.46. The highest BCUT2D eigenvalue weighted by Crippen LogP contribution is 2.31. The molecule has 0 aliphatic carbocycles. The largest absolute Gasteiger partial charge is 0.381 e. The average Bonchev–Trinajstić information content (AvgIpc) is 2.88. The van der Waals surface area contributed by atoms with Crippen LogP contribution in [-0.2, 0) is 10.0 Å². The number of sulfonamides is 1. The molecule has 0 bridgehead atoms. The second-order valence-electron chi connectivity index (χ2n) is 5.50. The van der Waals surface area contributed by atoms with Crippen LogP contribution in [0.25, 0.3) is 5.65 Å². The van der Waals surface area contributed by atoms with Crippen molar-refractivity contribution in [1.29, 1.82) is 0 Å². The van der Waals surface area contributed by atoms with E-state index in [1.807, 2.05) is 6.92 Å². The van der Waals surface area contributed by atoms with Gasteiger partial charge in [0.15, 0.2) is 10.8 Å². The molecule has 6 nitrogen and oxygen atoms in total. The van der Waals surface area contributed by atoms with Gasteiger partial charge in [0.1, 0.15) is 5.65 Å². The molecule has 2 atom stereocenters. The number of nitrogens with two attached hydrogens (primary N) is 1. The third kappa shape index (κ3) is 1.89. The Hall–Kier alpha value is -1.60. The molecule has 1 saturated heterocycles. The van der Waals surface area contributed by atoms with Gasteiger partial charge >= 0.3 is 0 Å². The number of nitrogens with zero attached hydrogens (tertiary/aromatic N) is 3. The third-order valence-electron chi connectivity index (χ3n) is 3.79. The van der Waals surface area contributed by atoms with E-state index in [0.29, 0.717) is 18.1 Å². The molecule has 3 heterocycles. The molecule has 2 aromatic rings. The molecule has 0 amide bonds. The van der Waals surface area contributed by atoms with Crippen LogP contribution in [0.2, 0.25) is 0 Å². The number of pyridine rings is 1. The summed E-state index contributed by atoms with van der Waals surface area (Å²) >= 11 is 0. The van der Waals surface area contributed by atoms with Crippen molar-refractivity contribution in [3.8, 4) is 0 Å². The number of fused-ring (bicyclic) bond motifs is 1. The zero-order chi connectivity index (χ0) is 14.5. The summed E-state index contributed by atoms with van der Waals surface area (Å²) in [6.45, 7) is 4.52. The van der Waals surface area contributed by atoms with Gasteiger partial charge in [-0.05, 0) is 31.4 Å². The Morgan fingerprint density at radius 1 is 1.35 bits per heavy atom. The number of anilines is 1. The van der Waals surface area contributed by atoms with Crippen molar-refractivity contribution in [1.82, 2.24) is 13.7 Å². The van der Waals surface area contributed by atoms with E-state index in [2.05, 4.69) is 11.9 Å². The molecule has 2 aromatic heterocycles. The van der Waals surface area contributed by atoms with Gasteiger partial charge in [0, 0.05) is 18.8 Å². The van der Waals surface area contributed by atoms with Gasteiger partial charge in [0.2, 0.25) is 0 Å². The molecule has 0 spiro atoms. The maximum atomic E-state index is 12.9. The molecule has 7 heteroatoms. The van der Waals surface area contributed by atoms with Gasteiger partial charge in [-0.2, -0.15) is 4.31 Å². The minimum Gasteiger partial charge on any atom is -0.381 e.